The number of nitriles is 1. The zero-order valence-electron chi connectivity index (χ0n) is 9.50. The summed E-state index contributed by atoms with van der Waals surface area (Å²) in [5, 5.41) is 9.04. The van der Waals surface area contributed by atoms with Gasteiger partial charge in [0.1, 0.15) is 11.5 Å². The molecule has 0 aliphatic rings. The van der Waals surface area contributed by atoms with Crippen molar-refractivity contribution >= 4 is 0 Å². The van der Waals surface area contributed by atoms with E-state index in [1.165, 1.54) is 0 Å². The van der Waals surface area contributed by atoms with Crippen LogP contribution >= 0.6 is 0 Å². The summed E-state index contributed by atoms with van der Waals surface area (Å²) in [4.78, 5) is 0. The van der Waals surface area contributed by atoms with Gasteiger partial charge in [0, 0.05) is 6.07 Å². The molecule has 0 amide bonds. The first kappa shape index (κ1) is 11.4. The first-order valence-electron chi connectivity index (χ1n) is 4.68. The van der Waals surface area contributed by atoms with Crippen molar-refractivity contribution in [2.75, 3.05) is 14.2 Å². The molecule has 0 saturated heterocycles. The minimum Gasteiger partial charge on any atom is -0.497 e. The Morgan fingerprint density at radius 2 is 1.53 bits per heavy atom. The van der Waals surface area contributed by atoms with Crippen LogP contribution in [0.4, 0.5) is 0 Å². The third-order valence-electron chi connectivity index (χ3n) is 2.35. The van der Waals surface area contributed by atoms with Crippen molar-refractivity contribution in [2.45, 2.75) is 19.3 Å². The van der Waals surface area contributed by atoms with Gasteiger partial charge >= 0.3 is 0 Å². The molecule has 1 aromatic rings. The van der Waals surface area contributed by atoms with Gasteiger partial charge in [0.05, 0.1) is 25.7 Å². The zero-order chi connectivity index (χ0) is 11.5. The fourth-order valence-corrected chi connectivity index (χ4v) is 1.23. The van der Waals surface area contributed by atoms with E-state index in [0.29, 0.717) is 11.5 Å². The number of rotatable bonds is 3. The van der Waals surface area contributed by atoms with E-state index < -0.39 is 5.41 Å². The molecular weight excluding hydrogens is 190 g/mol. The maximum atomic E-state index is 9.04. The fourth-order valence-electron chi connectivity index (χ4n) is 1.23. The van der Waals surface area contributed by atoms with Gasteiger partial charge in [0.25, 0.3) is 0 Å². The van der Waals surface area contributed by atoms with Gasteiger partial charge in [-0.25, -0.2) is 0 Å². The minimum atomic E-state index is -0.540. The van der Waals surface area contributed by atoms with Crippen molar-refractivity contribution in [2.24, 2.45) is 0 Å². The summed E-state index contributed by atoms with van der Waals surface area (Å²) >= 11 is 0. The van der Waals surface area contributed by atoms with E-state index in [0.717, 1.165) is 5.56 Å². The molecule has 3 heteroatoms. The summed E-state index contributed by atoms with van der Waals surface area (Å²) in [6, 6.07) is 7.74. The molecule has 0 aromatic heterocycles. The molecule has 0 unspecified atom stereocenters. The summed E-state index contributed by atoms with van der Waals surface area (Å²) in [5.74, 6) is 1.40. The topological polar surface area (TPSA) is 42.2 Å². The number of hydrogen-bond acceptors (Lipinski definition) is 3. The van der Waals surface area contributed by atoms with Crippen LogP contribution in [0.2, 0.25) is 0 Å². The lowest BCUT2D eigenvalue weighted by Crippen LogP contribution is -2.14. The molecule has 0 atom stereocenters. The summed E-state index contributed by atoms with van der Waals surface area (Å²) in [6.07, 6.45) is 0. The molecule has 0 bridgehead atoms. The first-order valence-corrected chi connectivity index (χ1v) is 4.68. The van der Waals surface area contributed by atoms with E-state index in [9.17, 15) is 0 Å². The van der Waals surface area contributed by atoms with E-state index >= 15 is 0 Å². The largest absolute Gasteiger partial charge is 0.497 e. The van der Waals surface area contributed by atoms with Gasteiger partial charge in [0.2, 0.25) is 0 Å². The number of hydrogen-bond donors (Lipinski definition) is 0. The Kier molecular flexibility index (Phi) is 3.21. The predicted octanol–water partition coefficient (Wildman–Crippen LogP) is 2.50. The van der Waals surface area contributed by atoms with Crippen molar-refractivity contribution < 1.29 is 9.47 Å². The Labute approximate surface area is 90.2 Å². The molecule has 80 valence electrons. The molecule has 0 N–H and O–H groups in total. The van der Waals surface area contributed by atoms with Gasteiger partial charge in [0.15, 0.2) is 0 Å². The zero-order valence-corrected chi connectivity index (χ0v) is 9.50. The van der Waals surface area contributed by atoms with Crippen molar-refractivity contribution in [3.8, 4) is 17.6 Å². The average molecular weight is 205 g/mol. The molecule has 1 aromatic carbocycles. The highest BCUT2D eigenvalue weighted by Crippen LogP contribution is 2.30. The summed E-state index contributed by atoms with van der Waals surface area (Å²) in [5.41, 5.74) is 0.350. The Morgan fingerprint density at radius 3 is 1.87 bits per heavy atom. The Bertz CT molecular complexity index is 369. The third-order valence-corrected chi connectivity index (χ3v) is 2.35. The summed E-state index contributed by atoms with van der Waals surface area (Å²) < 4.78 is 10.3. The van der Waals surface area contributed by atoms with E-state index in [4.69, 9.17) is 14.7 Å². The number of nitrogens with zero attached hydrogens (tertiary/aromatic N) is 1. The van der Waals surface area contributed by atoms with E-state index in [1.54, 1.807) is 20.3 Å². The fraction of sp³-hybridized carbons (Fsp3) is 0.417. The Hall–Kier alpha value is -1.69. The average Bonchev–Trinajstić information content (AvgIpc) is 2.28. The highest BCUT2D eigenvalue weighted by Gasteiger charge is 2.21. The number of methoxy groups -OCH3 is 2. The Morgan fingerprint density at radius 1 is 1.07 bits per heavy atom. The second kappa shape index (κ2) is 4.22. The van der Waals surface area contributed by atoms with Crippen molar-refractivity contribution in [1.82, 2.24) is 0 Å². The molecule has 0 saturated carbocycles. The lowest BCUT2D eigenvalue weighted by Gasteiger charge is -2.17. The van der Waals surface area contributed by atoms with Gasteiger partial charge < -0.3 is 9.47 Å². The monoisotopic (exact) mass is 205 g/mol. The summed E-state index contributed by atoms with van der Waals surface area (Å²) in [7, 11) is 3.19. The highest BCUT2D eigenvalue weighted by atomic mass is 16.5. The van der Waals surface area contributed by atoms with Crippen LogP contribution in [0.15, 0.2) is 18.2 Å². The van der Waals surface area contributed by atoms with E-state index in [-0.39, 0.29) is 0 Å². The molecule has 0 aliphatic heterocycles. The van der Waals surface area contributed by atoms with Gasteiger partial charge in [-0.3, -0.25) is 0 Å². The van der Waals surface area contributed by atoms with Gasteiger partial charge in [-0.05, 0) is 31.5 Å². The van der Waals surface area contributed by atoms with Gasteiger partial charge in [-0.2, -0.15) is 5.26 Å². The highest BCUT2D eigenvalue weighted by molar-refractivity contribution is 5.43. The van der Waals surface area contributed by atoms with Crippen LogP contribution < -0.4 is 9.47 Å². The third kappa shape index (κ3) is 2.41. The molecule has 0 spiro atoms. The quantitative estimate of drug-likeness (QED) is 0.761. The maximum absolute atomic E-state index is 9.04. The minimum absolute atomic E-state index is 0.540. The maximum Gasteiger partial charge on any atom is 0.122 e. The smallest absolute Gasteiger partial charge is 0.122 e. The van der Waals surface area contributed by atoms with Crippen LogP contribution in [0.3, 0.4) is 0 Å². The van der Waals surface area contributed by atoms with Gasteiger partial charge in [-0.1, -0.05) is 0 Å². The lowest BCUT2D eigenvalue weighted by molar-refractivity contribution is 0.392. The van der Waals surface area contributed by atoms with Crippen LogP contribution in [-0.2, 0) is 5.41 Å². The summed E-state index contributed by atoms with van der Waals surface area (Å²) in [6.45, 7) is 3.72. The molecule has 15 heavy (non-hydrogen) atoms. The van der Waals surface area contributed by atoms with Crippen LogP contribution in [0, 0.1) is 11.3 Å². The molecule has 1 rings (SSSR count). The predicted molar refractivity (Wildman–Crippen MR) is 58.2 cm³/mol. The van der Waals surface area contributed by atoms with Crippen LogP contribution in [0.25, 0.3) is 0 Å². The lowest BCUT2D eigenvalue weighted by atomic mass is 9.86. The molecule has 0 aliphatic carbocycles. The molecule has 0 heterocycles. The number of ether oxygens (including phenoxy) is 2. The van der Waals surface area contributed by atoms with Crippen LogP contribution in [0.5, 0.6) is 11.5 Å². The van der Waals surface area contributed by atoms with Crippen LogP contribution in [-0.4, -0.2) is 14.2 Å². The van der Waals surface area contributed by atoms with Crippen molar-refractivity contribution in [1.29, 1.82) is 5.26 Å². The molecule has 0 radical (unpaired) electrons. The standard InChI is InChI=1S/C12H15NO2/c1-12(2,8-13)9-5-10(14-3)7-11(6-9)15-4/h5-7H,1-4H3. The number of benzene rings is 1. The molecular formula is C12H15NO2. The van der Waals surface area contributed by atoms with Gasteiger partial charge in [-0.15, -0.1) is 0 Å². The normalized spacial score (nSPS) is 10.6. The first-order chi connectivity index (χ1) is 7.03. The second-order valence-electron chi connectivity index (χ2n) is 3.84. The van der Waals surface area contributed by atoms with Crippen LogP contribution in [0.1, 0.15) is 19.4 Å². The van der Waals surface area contributed by atoms with Crippen molar-refractivity contribution in [3.63, 3.8) is 0 Å². The second-order valence-corrected chi connectivity index (χ2v) is 3.84. The van der Waals surface area contributed by atoms with E-state index in [1.807, 2.05) is 26.0 Å². The molecule has 0 fully saturated rings. The Balaban J connectivity index is 3.25. The van der Waals surface area contributed by atoms with E-state index in [2.05, 4.69) is 6.07 Å². The SMILES string of the molecule is COc1cc(OC)cc(C(C)(C)C#N)c1. The molecule has 3 nitrogen and oxygen atoms in total. The van der Waals surface area contributed by atoms with Crippen molar-refractivity contribution in [3.05, 3.63) is 23.8 Å².